The fraction of sp³-hybridized carbons (Fsp3) is 0.238. The van der Waals surface area contributed by atoms with Gasteiger partial charge < -0.3 is 4.57 Å². The monoisotopic (exact) mass is 349 g/mol. The lowest BCUT2D eigenvalue weighted by Gasteiger charge is -2.17. The molecule has 1 amide bonds. The predicted octanol–water partition coefficient (Wildman–Crippen LogP) is 4.12. The summed E-state index contributed by atoms with van der Waals surface area (Å²) in [6.07, 6.45) is 3.91. The van der Waals surface area contributed by atoms with Gasteiger partial charge in [-0.3, -0.25) is 10.0 Å². The van der Waals surface area contributed by atoms with Crippen LogP contribution in [0.3, 0.4) is 0 Å². The molecular formula is C21H23N3O2. The molecule has 0 saturated heterocycles. The summed E-state index contributed by atoms with van der Waals surface area (Å²) in [5.41, 5.74) is 5.87. The molecule has 2 N–H and O–H groups in total. The third-order valence-electron chi connectivity index (χ3n) is 4.60. The average Bonchev–Trinajstić information content (AvgIpc) is 3.05. The normalized spacial score (nSPS) is 12.6. The molecule has 3 rings (SSSR count). The van der Waals surface area contributed by atoms with Crippen molar-refractivity contribution in [1.29, 1.82) is 0 Å². The standard InChI is InChI=1S/C21H23N3O2/c1-3-17(16-12-9-15(10-13-16)11-14-20(25)23-26)21-22-18-7-5-6-8-19(18)24(21)4-2/h5-14,17,26H,3-4H2,1-2H3,(H,23,25)/b14-11+. The molecule has 0 aliphatic rings. The number of carbonyl (C=O) groups is 1. The van der Waals surface area contributed by atoms with Gasteiger partial charge >= 0.3 is 0 Å². The number of para-hydroxylation sites is 2. The molecule has 1 aromatic heterocycles. The second-order valence-corrected chi connectivity index (χ2v) is 6.14. The van der Waals surface area contributed by atoms with Crippen LogP contribution >= 0.6 is 0 Å². The largest absolute Gasteiger partial charge is 0.328 e. The first-order chi connectivity index (χ1) is 12.7. The lowest BCUT2D eigenvalue weighted by molar-refractivity contribution is -0.124. The first-order valence-corrected chi connectivity index (χ1v) is 8.85. The average molecular weight is 349 g/mol. The van der Waals surface area contributed by atoms with Crippen LogP contribution in [0.2, 0.25) is 0 Å². The second kappa shape index (κ2) is 7.97. The van der Waals surface area contributed by atoms with Crippen LogP contribution in [-0.2, 0) is 11.3 Å². The number of rotatable bonds is 6. The van der Waals surface area contributed by atoms with Crippen molar-refractivity contribution in [3.05, 3.63) is 71.6 Å². The molecule has 0 aliphatic heterocycles. The van der Waals surface area contributed by atoms with Gasteiger partial charge in [-0.2, -0.15) is 0 Å². The van der Waals surface area contributed by atoms with E-state index in [-0.39, 0.29) is 5.92 Å². The topological polar surface area (TPSA) is 67.2 Å². The molecule has 5 heteroatoms. The Morgan fingerprint density at radius 3 is 2.58 bits per heavy atom. The van der Waals surface area contributed by atoms with E-state index in [1.54, 1.807) is 11.6 Å². The maximum atomic E-state index is 11.1. The van der Waals surface area contributed by atoms with Crippen LogP contribution < -0.4 is 5.48 Å². The van der Waals surface area contributed by atoms with E-state index in [1.165, 1.54) is 11.6 Å². The van der Waals surface area contributed by atoms with Gasteiger partial charge in [0.15, 0.2) is 0 Å². The van der Waals surface area contributed by atoms with Crippen molar-refractivity contribution in [2.45, 2.75) is 32.7 Å². The van der Waals surface area contributed by atoms with E-state index in [0.717, 1.165) is 35.4 Å². The van der Waals surface area contributed by atoms with E-state index in [0.29, 0.717) is 0 Å². The van der Waals surface area contributed by atoms with Gasteiger partial charge in [-0.15, -0.1) is 0 Å². The van der Waals surface area contributed by atoms with E-state index in [9.17, 15) is 4.79 Å². The number of amides is 1. The molecule has 1 atom stereocenters. The van der Waals surface area contributed by atoms with Gasteiger partial charge in [-0.1, -0.05) is 43.3 Å². The Morgan fingerprint density at radius 2 is 1.92 bits per heavy atom. The molecule has 0 radical (unpaired) electrons. The third-order valence-corrected chi connectivity index (χ3v) is 4.60. The Labute approximate surface area is 152 Å². The van der Waals surface area contributed by atoms with Gasteiger partial charge in [0.25, 0.3) is 5.91 Å². The summed E-state index contributed by atoms with van der Waals surface area (Å²) in [6, 6.07) is 16.3. The number of nitrogens with one attached hydrogen (secondary N) is 1. The summed E-state index contributed by atoms with van der Waals surface area (Å²) >= 11 is 0. The molecule has 134 valence electrons. The fourth-order valence-electron chi connectivity index (χ4n) is 3.31. The predicted molar refractivity (Wildman–Crippen MR) is 103 cm³/mol. The number of aromatic nitrogens is 2. The van der Waals surface area contributed by atoms with E-state index in [4.69, 9.17) is 10.2 Å². The van der Waals surface area contributed by atoms with Crippen molar-refractivity contribution < 1.29 is 10.0 Å². The van der Waals surface area contributed by atoms with Crippen LogP contribution in [0.25, 0.3) is 17.1 Å². The maximum Gasteiger partial charge on any atom is 0.267 e. The minimum absolute atomic E-state index is 0.209. The van der Waals surface area contributed by atoms with Gasteiger partial charge in [0.05, 0.1) is 11.0 Å². The summed E-state index contributed by atoms with van der Waals surface area (Å²) in [6.45, 7) is 5.19. The second-order valence-electron chi connectivity index (χ2n) is 6.14. The zero-order chi connectivity index (χ0) is 18.5. The van der Waals surface area contributed by atoms with Crippen molar-refractivity contribution in [1.82, 2.24) is 15.0 Å². The SMILES string of the molecule is CCC(c1ccc(/C=C/C(=O)NO)cc1)c1nc2ccccc2n1CC. The van der Waals surface area contributed by atoms with Crippen LogP contribution in [0.15, 0.2) is 54.6 Å². The van der Waals surface area contributed by atoms with Crippen LogP contribution in [0, 0.1) is 0 Å². The highest BCUT2D eigenvalue weighted by Gasteiger charge is 2.19. The quantitative estimate of drug-likeness (QED) is 0.400. The number of imidazole rings is 1. The highest BCUT2D eigenvalue weighted by Crippen LogP contribution is 2.30. The van der Waals surface area contributed by atoms with Gasteiger partial charge in [-0.05, 0) is 42.7 Å². The molecule has 0 saturated carbocycles. The van der Waals surface area contributed by atoms with Gasteiger partial charge in [0.2, 0.25) is 0 Å². The van der Waals surface area contributed by atoms with Crippen LogP contribution in [0.1, 0.15) is 43.1 Å². The van der Waals surface area contributed by atoms with Crippen molar-refractivity contribution in [3.8, 4) is 0 Å². The van der Waals surface area contributed by atoms with Crippen molar-refractivity contribution in [2.24, 2.45) is 0 Å². The molecule has 1 heterocycles. The summed E-state index contributed by atoms with van der Waals surface area (Å²) in [5.74, 6) is 0.748. The van der Waals surface area contributed by atoms with Gasteiger partial charge in [-0.25, -0.2) is 10.5 Å². The van der Waals surface area contributed by atoms with E-state index < -0.39 is 5.91 Å². The number of hydroxylamine groups is 1. The smallest absolute Gasteiger partial charge is 0.267 e. The maximum absolute atomic E-state index is 11.1. The first-order valence-electron chi connectivity index (χ1n) is 8.85. The first kappa shape index (κ1) is 17.9. The van der Waals surface area contributed by atoms with Gasteiger partial charge in [0.1, 0.15) is 5.82 Å². The Balaban J connectivity index is 1.94. The van der Waals surface area contributed by atoms with Crippen LogP contribution in [0.5, 0.6) is 0 Å². The van der Waals surface area contributed by atoms with Crippen molar-refractivity contribution in [2.75, 3.05) is 0 Å². The van der Waals surface area contributed by atoms with Gasteiger partial charge in [0, 0.05) is 18.5 Å². The molecule has 5 nitrogen and oxygen atoms in total. The minimum Gasteiger partial charge on any atom is -0.328 e. The molecule has 0 spiro atoms. The summed E-state index contributed by atoms with van der Waals surface area (Å²) < 4.78 is 2.28. The minimum atomic E-state index is -0.544. The number of aryl methyl sites for hydroxylation is 1. The number of fused-ring (bicyclic) bond motifs is 1. The molecule has 2 aromatic carbocycles. The summed E-state index contributed by atoms with van der Waals surface area (Å²) in [7, 11) is 0. The Morgan fingerprint density at radius 1 is 1.19 bits per heavy atom. The number of hydrogen-bond donors (Lipinski definition) is 2. The highest BCUT2D eigenvalue weighted by molar-refractivity contribution is 5.90. The highest BCUT2D eigenvalue weighted by atomic mass is 16.5. The lowest BCUT2D eigenvalue weighted by atomic mass is 9.94. The van der Waals surface area contributed by atoms with E-state index in [2.05, 4.69) is 42.7 Å². The molecule has 0 bridgehead atoms. The molecule has 26 heavy (non-hydrogen) atoms. The summed E-state index contributed by atoms with van der Waals surface area (Å²) in [4.78, 5) is 16.0. The molecule has 0 aliphatic carbocycles. The number of carbonyl (C=O) groups excluding carboxylic acids is 1. The molecule has 0 fully saturated rings. The van der Waals surface area contributed by atoms with Crippen molar-refractivity contribution >= 4 is 23.0 Å². The Bertz CT molecular complexity index is 926. The number of hydrogen-bond acceptors (Lipinski definition) is 3. The van der Waals surface area contributed by atoms with E-state index in [1.807, 2.05) is 24.3 Å². The Hall–Kier alpha value is -2.92. The van der Waals surface area contributed by atoms with Crippen LogP contribution in [-0.4, -0.2) is 20.7 Å². The summed E-state index contributed by atoms with van der Waals surface area (Å²) in [5, 5.41) is 8.54. The molecule has 1 unspecified atom stereocenters. The fourth-order valence-corrected chi connectivity index (χ4v) is 3.31. The third kappa shape index (κ3) is 3.53. The number of benzene rings is 2. The zero-order valence-electron chi connectivity index (χ0n) is 15.0. The molecule has 3 aromatic rings. The lowest BCUT2D eigenvalue weighted by Crippen LogP contribution is -2.14. The molecular weight excluding hydrogens is 326 g/mol. The van der Waals surface area contributed by atoms with Crippen LogP contribution in [0.4, 0.5) is 0 Å². The Kier molecular flexibility index (Phi) is 5.49. The number of nitrogens with zero attached hydrogens (tertiary/aromatic N) is 2. The van der Waals surface area contributed by atoms with Crippen molar-refractivity contribution in [3.63, 3.8) is 0 Å². The van der Waals surface area contributed by atoms with E-state index >= 15 is 0 Å². The zero-order valence-corrected chi connectivity index (χ0v) is 15.0.